The van der Waals surface area contributed by atoms with Gasteiger partial charge in [0, 0.05) is 18.3 Å². The lowest BCUT2D eigenvalue weighted by Crippen LogP contribution is -2.41. The molecule has 2 unspecified atom stereocenters. The molecular formula is C17H28N2. The van der Waals surface area contributed by atoms with Gasteiger partial charge in [0.2, 0.25) is 0 Å². The second kappa shape index (κ2) is 6.42. The van der Waals surface area contributed by atoms with Gasteiger partial charge in [0.15, 0.2) is 0 Å². The van der Waals surface area contributed by atoms with E-state index in [2.05, 4.69) is 62.2 Å². The zero-order valence-corrected chi connectivity index (χ0v) is 12.8. The molecule has 0 saturated carbocycles. The molecule has 0 fully saturated rings. The van der Waals surface area contributed by atoms with Gasteiger partial charge in [-0.15, -0.1) is 0 Å². The van der Waals surface area contributed by atoms with Crippen molar-refractivity contribution in [1.82, 2.24) is 5.32 Å². The summed E-state index contributed by atoms with van der Waals surface area (Å²) in [5.41, 5.74) is 2.96. The van der Waals surface area contributed by atoms with Gasteiger partial charge >= 0.3 is 0 Å². The Balaban J connectivity index is 1.91. The number of fused-ring (bicyclic) bond motifs is 1. The van der Waals surface area contributed by atoms with Gasteiger partial charge in [-0.3, -0.25) is 0 Å². The normalized spacial score (nSPS) is 17.6. The van der Waals surface area contributed by atoms with Gasteiger partial charge in [-0.2, -0.15) is 0 Å². The molecule has 19 heavy (non-hydrogen) atoms. The topological polar surface area (TPSA) is 15.3 Å². The van der Waals surface area contributed by atoms with Crippen LogP contribution in [0.2, 0.25) is 0 Å². The summed E-state index contributed by atoms with van der Waals surface area (Å²) >= 11 is 0. The monoisotopic (exact) mass is 260 g/mol. The van der Waals surface area contributed by atoms with Crippen LogP contribution in [0.15, 0.2) is 24.3 Å². The fraction of sp³-hybridized carbons (Fsp3) is 0.647. The third kappa shape index (κ3) is 3.50. The fourth-order valence-electron chi connectivity index (χ4n) is 2.86. The molecule has 1 aliphatic rings. The maximum Gasteiger partial charge on any atom is 0.0402 e. The third-order valence-corrected chi connectivity index (χ3v) is 4.26. The van der Waals surface area contributed by atoms with Gasteiger partial charge in [0.25, 0.3) is 0 Å². The number of hydrogen-bond donors (Lipinski definition) is 1. The number of nitrogens with zero attached hydrogens (tertiary/aromatic N) is 1. The SMILES string of the molecule is CC(C)CNCC(C)C(C)N1CCc2ccccc21. The first-order valence-corrected chi connectivity index (χ1v) is 7.65. The highest BCUT2D eigenvalue weighted by Gasteiger charge is 2.26. The van der Waals surface area contributed by atoms with E-state index in [-0.39, 0.29) is 0 Å². The summed E-state index contributed by atoms with van der Waals surface area (Å²) in [6.45, 7) is 12.7. The molecule has 0 aliphatic carbocycles. The Morgan fingerprint density at radius 3 is 2.58 bits per heavy atom. The fourth-order valence-corrected chi connectivity index (χ4v) is 2.86. The Labute approximate surface area is 118 Å². The molecule has 106 valence electrons. The van der Waals surface area contributed by atoms with Crippen molar-refractivity contribution in [3.8, 4) is 0 Å². The summed E-state index contributed by atoms with van der Waals surface area (Å²) < 4.78 is 0. The van der Waals surface area contributed by atoms with Crippen LogP contribution in [0.25, 0.3) is 0 Å². The minimum atomic E-state index is 0.600. The number of anilines is 1. The minimum absolute atomic E-state index is 0.600. The Kier molecular flexibility index (Phi) is 4.87. The molecule has 1 heterocycles. The average Bonchev–Trinajstić information content (AvgIpc) is 2.81. The van der Waals surface area contributed by atoms with Crippen molar-refractivity contribution >= 4 is 5.69 Å². The van der Waals surface area contributed by atoms with E-state index in [9.17, 15) is 0 Å². The highest BCUT2D eigenvalue weighted by atomic mass is 15.2. The van der Waals surface area contributed by atoms with E-state index in [1.165, 1.54) is 24.2 Å². The molecule has 0 radical (unpaired) electrons. The Hall–Kier alpha value is -1.02. The maximum absolute atomic E-state index is 3.59. The standard InChI is InChI=1S/C17H28N2/c1-13(2)11-18-12-14(3)15(4)19-10-9-16-7-5-6-8-17(16)19/h5-8,13-15,18H,9-12H2,1-4H3. The highest BCUT2D eigenvalue weighted by molar-refractivity contribution is 5.58. The zero-order valence-electron chi connectivity index (χ0n) is 12.8. The van der Waals surface area contributed by atoms with E-state index in [0.29, 0.717) is 12.0 Å². The van der Waals surface area contributed by atoms with Crippen molar-refractivity contribution in [3.05, 3.63) is 29.8 Å². The molecular weight excluding hydrogens is 232 g/mol. The number of rotatable bonds is 6. The van der Waals surface area contributed by atoms with Crippen LogP contribution in [0, 0.1) is 11.8 Å². The molecule has 0 saturated heterocycles. The number of nitrogens with one attached hydrogen (secondary N) is 1. The van der Waals surface area contributed by atoms with Crippen LogP contribution in [0.1, 0.15) is 33.3 Å². The van der Waals surface area contributed by atoms with Crippen LogP contribution in [-0.2, 0) is 6.42 Å². The first-order chi connectivity index (χ1) is 9.09. The van der Waals surface area contributed by atoms with Crippen molar-refractivity contribution in [3.63, 3.8) is 0 Å². The van der Waals surface area contributed by atoms with Crippen LogP contribution in [0.5, 0.6) is 0 Å². The van der Waals surface area contributed by atoms with Crippen molar-refractivity contribution in [2.75, 3.05) is 24.5 Å². The van der Waals surface area contributed by atoms with E-state index >= 15 is 0 Å². The second-order valence-corrected chi connectivity index (χ2v) is 6.34. The lowest BCUT2D eigenvalue weighted by atomic mass is 10.0. The molecule has 0 bridgehead atoms. The predicted molar refractivity (Wildman–Crippen MR) is 83.8 cm³/mol. The molecule has 0 aromatic heterocycles. The van der Waals surface area contributed by atoms with Gasteiger partial charge in [-0.25, -0.2) is 0 Å². The minimum Gasteiger partial charge on any atom is -0.368 e. The summed E-state index contributed by atoms with van der Waals surface area (Å²) in [6.07, 6.45) is 1.20. The maximum atomic E-state index is 3.59. The summed E-state index contributed by atoms with van der Waals surface area (Å²) in [5, 5.41) is 3.59. The molecule has 1 aromatic carbocycles. The van der Waals surface area contributed by atoms with Gasteiger partial charge in [0.05, 0.1) is 0 Å². The van der Waals surface area contributed by atoms with Crippen molar-refractivity contribution in [2.24, 2.45) is 11.8 Å². The first-order valence-electron chi connectivity index (χ1n) is 7.65. The second-order valence-electron chi connectivity index (χ2n) is 6.34. The van der Waals surface area contributed by atoms with E-state index in [0.717, 1.165) is 19.0 Å². The Morgan fingerprint density at radius 2 is 1.84 bits per heavy atom. The quantitative estimate of drug-likeness (QED) is 0.844. The molecule has 1 N–H and O–H groups in total. The molecule has 0 spiro atoms. The number of hydrogen-bond acceptors (Lipinski definition) is 2. The molecule has 2 nitrogen and oxygen atoms in total. The van der Waals surface area contributed by atoms with Crippen LogP contribution in [0.3, 0.4) is 0 Å². The molecule has 2 rings (SSSR count). The molecule has 1 aromatic rings. The van der Waals surface area contributed by atoms with E-state index in [1.807, 2.05) is 0 Å². The lowest BCUT2D eigenvalue weighted by molar-refractivity contribution is 0.411. The van der Waals surface area contributed by atoms with Crippen LogP contribution in [-0.4, -0.2) is 25.7 Å². The Morgan fingerprint density at radius 1 is 1.11 bits per heavy atom. The van der Waals surface area contributed by atoms with E-state index < -0.39 is 0 Å². The molecule has 1 aliphatic heterocycles. The first kappa shape index (κ1) is 14.4. The summed E-state index contributed by atoms with van der Waals surface area (Å²) in [7, 11) is 0. The Bertz CT molecular complexity index is 400. The van der Waals surface area contributed by atoms with Crippen molar-refractivity contribution in [1.29, 1.82) is 0 Å². The average molecular weight is 260 g/mol. The van der Waals surface area contributed by atoms with Crippen molar-refractivity contribution < 1.29 is 0 Å². The van der Waals surface area contributed by atoms with Crippen LogP contribution < -0.4 is 10.2 Å². The van der Waals surface area contributed by atoms with Crippen LogP contribution in [0.4, 0.5) is 5.69 Å². The number of para-hydroxylation sites is 1. The predicted octanol–water partition coefficient (Wildman–Crippen LogP) is 3.32. The molecule has 2 heteroatoms. The zero-order chi connectivity index (χ0) is 13.8. The molecule has 2 atom stereocenters. The van der Waals surface area contributed by atoms with Crippen LogP contribution >= 0.6 is 0 Å². The van der Waals surface area contributed by atoms with Gasteiger partial charge < -0.3 is 10.2 Å². The summed E-state index contributed by atoms with van der Waals surface area (Å²) in [5.74, 6) is 1.40. The van der Waals surface area contributed by atoms with Crippen molar-refractivity contribution in [2.45, 2.75) is 40.2 Å². The third-order valence-electron chi connectivity index (χ3n) is 4.26. The van der Waals surface area contributed by atoms with Gasteiger partial charge in [-0.05, 0) is 49.9 Å². The smallest absolute Gasteiger partial charge is 0.0402 e. The van der Waals surface area contributed by atoms with Gasteiger partial charge in [-0.1, -0.05) is 39.0 Å². The molecule has 0 amide bonds. The van der Waals surface area contributed by atoms with E-state index in [4.69, 9.17) is 0 Å². The lowest BCUT2D eigenvalue weighted by Gasteiger charge is -2.32. The summed E-state index contributed by atoms with van der Waals surface area (Å²) in [6, 6.07) is 9.45. The number of benzene rings is 1. The largest absolute Gasteiger partial charge is 0.368 e. The highest BCUT2D eigenvalue weighted by Crippen LogP contribution is 2.30. The summed E-state index contributed by atoms with van der Waals surface area (Å²) in [4.78, 5) is 2.58. The van der Waals surface area contributed by atoms with E-state index in [1.54, 1.807) is 0 Å². The van der Waals surface area contributed by atoms with Gasteiger partial charge in [0.1, 0.15) is 0 Å².